The molecule has 0 radical (unpaired) electrons. The molecular weight excluding hydrogens is 230 g/mol. The Kier molecular flexibility index (Phi) is 2.66. The van der Waals surface area contributed by atoms with E-state index in [-0.39, 0.29) is 11.5 Å². The van der Waals surface area contributed by atoms with Crippen molar-refractivity contribution in [2.45, 2.75) is 6.92 Å². The summed E-state index contributed by atoms with van der Waals surface area (Å²) in [6.45, 7) is 1.45. The second-order valence-corrected chi connectivity index (χ2v) is 3.72. The van der Waals surface area contributed by atoms with Crippen LogP contribution < -0.4 is 5.63 Å². The van der Waals surface area contributed by atoms with Crippen LogP contribution in [0.1, 0.15) is 12.6 Å². The maximum atomic E-state index is 11.4. The van der Waals surface area contributed by atoms with Gasteiger partial charge in [0.25, 0.3) is 0 Å². The standard InChI is InChI=1S/C11H8ClNO3/c1-6(14)4-9-11(15)16-10-3-2-7(12)5-8(10)13-9/h2-5,14H,1H3/b6-4-. The van der Waals surface area contributed by atoms with Crippen molar-refractivity contribution in [3.05, 3.63) is 45.1 Å². The number of hydrogen-bond donors (Lipinski definition) is 1. The van der Waals surface area contributed by atoms with Gasteiger partial charge in [-0.3, -0.25) is 0 Å². The van der Waals surface area contributed by atoms with Crippen LogP contribution >= 0.6 is 11.6 Å². The molecule has 2 aromatic rings. The molecule has 1 aromatic heterocycles. The fourth-order valence-corrected chi connectivity index (χ4v) is 1.45. The predicted octanol–water partition coefficient (Wildman–Crippen LogP) is 2.76. The SMILES string of the molecule is C/C(O)=C/c1nc2cc(Cl)ccc2oc1=O. The minimum atomic E-state index is -0.594. The van der Waals surface area contributed by atoms with Gasteiger partial charge < -0.3 is 9.52 Å². The summed E-state index contributed by atoms with van der Waals surface area (Å²) in [5.41, 5.74) is 0.291. The zero-order chi connectivity index (χ0) is 11.7. The fraction of sp³-hybridized carbons (Fsp3) is 0.0909. The third-order valence-electron chi connectivity index (χ3n) is 1.92. The van der Waals surface area contributed by atoms with Crippen molar-refractivity contribution in [2.75, 3.05) is 0 Å². The molecule has 82 valence electrons. The lowest BCUT2D eigenvalue weighted by atomic mass is 10.3. The third kappa shape index (κ3) is 2.06. The number of halogens is 1. The molecule has 0 atom stereocenters. The highest BCUT2D eigenvalue weighted by Crippen LogP contribution is 2.16. The quantitative estimate of drug-likeness (QED) is 0.775. The Morgan fingerprint density at radius 3 is 3.00 bits per heavy atom. The molecule has 0 saturated carbocycles. The molecule has 0 fully saturated rings. The number of benzene rings is 1. The van der Waals surface area contributed by atoms with Crippen LogP contribution in [0.4, 0.5) is 0 Å². The van der Waals surface area contributed by atoms with Gasteiger partial charge in [-0.15, -0.1) is 0 Å². The van der Waals surface area contributed by atoms with Crippen molar-refractivity contribution in [3.8, 4) is 0 Å². The third-order valence-corrected chi connectivity index (χ3v) is 2.15. The van der Waals surface area contributed by atoms with E-state index in [1.807, 2.05) is 0 Å². The van der Waals surface area contributed by atoms with Crippen LogP contribution in [-0.4, -0.2) is 10.1 Å². The Labute approximate surface area is 95.8 Å². The molecule has 2 rings (SSSR count). The van der Waals surface area contributed by atoms with E-state index in [4.69, 9.17) is 21.1 Å². The second kappa shape index (κ2) is 3.98. The van der Waals surface area contributed by atoms with Crippen LogP contribution in [0, 0.1) is 0 Å². The van der Waals surface area contributed by atoms with Gasteiger partial charge in [0.1, 0.15) is 5.52 Å². The summed E-state index contributed by atoms with van der Waals surface area (Å²) in [6, 6.07) is 4.77. The van der Waals surface area contributed by atoms with E-state index < -0.39 is 5.63 Å². The number of allylic oxidation sites excluding steroid dienone is 1. The molecule has 0 bridgehead atoms. The van der Waals surface area contributed by atoms with Crippen molar-refractivity contribution in [2.24, 2.45) is 0 Å². The molecule has 0 unspecified atom stereocenters. The summed E-state index contributed by atoms with van der Waals surface area (Å²) in [6.07, 6.45) is 1.24. The van der Waals surface area contributed by atoms with Gasteiger partial charge in [0, 0.05) is 11.1 Å². The summed E-state index contributed by atoms with van der Waals surface area (Å²) in [5, 5.41) is 9.58. The van der Waals surface area contributed by atoms with Crippen molar-refractivity contribution >= 4 is 28.8 Å². The van der Waals surface area contributed by atoms with E-state index in [9.17, 15) is 4.79 Å². The number of hydrogen-bond acceptors (Lipinski definition) is 4. The topological polar surface area (TPSA) is 63.3 Å². The normalized spacial score (nSPS) is 12.0. The number of aromatic nitrogens is 1. The Morgan fingerprint density at radius 1 is 1.56 bits per heavy atom. The fourth-order valence-electron chi connectivity index (χ4n) is 1.28. The molecule has 0 amide bonds. The molecule has 16 heavy (non-hydrogen) atoms. The Bertz CT molecular complexity index is 627. The highest BCUT2D eigenvalue weighted by atomic mass is 35.5. The van der Waals surface area contributed by atoms with E-state index in [0.717, 1.165) is 0 Å². The summed E-state index contributed by atoms with van der Waals surface area (Å²) in [4.78, 5) is 15.5. The molecule has 0 saturated heterocycles. The molecule has 5 heteroatoms. The number of nitrogens with zero attached hydrogens (tertiary/aromatic N) is 1. The van der Waals surface area contributed by atoms with Crippen molar-refractivity contribution < 1.29 is 9.52 Å². The minimum Gasteiger partial charge on any atom is -0.513 e. The van der Waals surface area contributed by atoms with Crippen LogP contribution in [0.25, 0.3) is 17.2 Å². The Morgan fingerprint density at radius 2 is 2.31 bits per heavy atom. The minimum absolute atomic E-state index is 0.0128. The largest absolute Gasteiger partial charge is 0.513 e. The van der Waals surface area contributed by atoms with E-state index in [1.165, 1.54) is 13.0 Å². The highest BCUT2D eigenvalue weighted by Gasteiger charge is 2.05. The Balaban J connectivity index is 2.74. The first-order valence-corrected chi connectivity index (χ1v) is 4.92. The van der Waals surface area contributed by atoms with E-state index in [2.05, 4.69) is 4.98 Å². The van der Waals surface area contributed by atoms with Gasteiger partial charge in [0.2, 0.25) is 0 Å². The molecule has 0 aliphatic rings. The van der Waals surface area contributed by atoms with Crippen LogP contribution in [0.3, 0.4) is 0 Å². The lowest BCUT2D eigenvalue weighted by Gasteiger charge is -1.98. The van der Waals surface area contributed by atoms with E-state index in [1.54, 1.807) is 18.2 Å². The van der Waals surface area contributed by atoms with Gasteiger partial charge in [-0.05, 0) is 25.1 Å². The lowest BCUT2D eigenvalue weighted by molar-refractivity contribution is 0.419. The van der Waals surface area contributed by atoms with Crippen LogP contribution in [0.15, 0.2) is 33.2 Å². The highest BCUT2D eigenvalue weighted by molar-refractivity contribution is 6.31. The van der Waals surface area contributed by atoms with Gasteiger partial charge in [-0.25, -0.2) is 9.78 Å². The number of fused-ring (bicyclic) bond motifs is 1. The van der Waals surface area contributed by atoms with Crippen molar-refractivity contribution in [1.82, 2.24) is 4.98 Å². The Hall–Kier alpha value is -1.81. The summed E-state index contributed by atoms with van der Waals surface area (Å²) >= 11 is 5.79. The van der Waals surface area contributed by atoms with Crippen molar-refractivity contribution in [1.29, 1.82) is 0 Å². The molecule has 0 aliphatic heterocycles. The maximum Gasteiger partial charge on any atom is 0.362 e. The molecule has 1 heterocycles. The molecule has 4 nitrogen and oxygen atoms in total. The first kappa shape index (κ1) is 10.7. The second-order valence-electron chi connectivity index (χ2n) is 3.28. The molecule has 0 aliphatic carbocycles. The predicted molar refractivity (Wildman–Crippen MR) is 61.6 cm³/mol. The lowest BCUT2D eigenvalue weighted by Crippen LogP contribution is -2.06. The average molecular weight is 238 g/mol. The average Bonchev–Trinajstić information content (AvgIpc) is 2.19. The smallest absolute Gasteiger partial charge is 0.362 e. The van der Waals surface area contributed by atoms with E-state index in [0.29, 0.717) is 16.1 Å². The van der Waals surface area contributed by atoms with Crippen LogP contribution in [0.2, 0.25) is 5.02 Å². The summed E-state index contributed by atoms with van der Waals surface area (Å²) in [7, 11) is 0. The zero-order valence-electron chi connectivity index (χ0n) is 8.40. The first-order valence-electron chi connectivity index (χ1n) is 4.54. The molecular formula is C11H8ClNO3. The zero-order valence-corrected chi connectivity index (χ0v) is 9.15. The van der Waals surface area contributed by atoms with Gasteiger partial charge in [0.05, 0.1) is 5.76 Å². The number of rotatable bonds is 1. The maximum absolute atomic E-state index is 11.4. The van der Waals surface area contributed by atoms with Crippen LogP contribution in [0.5, 0.6) is 0 Å². The first-order chi connectivity index (χ1) is 7.56. The van der Waals surface area contributed by atoms with Gasteiger partial charge in [-0.2, -0.15) is 0 Å². The summed E-state index contributed by atoms with van der Waals surface area (Å²) < 4.78 is 5.02. The number of aliphatic hydroxyl groups excluding tert-OH is 1. The van der Waals surface area contributed by atoms with E-state index >= 15 is 0 Å². The van der Waals surface area contributed by atoms with Crippen LogP contribution in [-0.2, 0) is 0 Å². The van der Waals surface area contributed by atoms with Gasteiger partial charge in [-0.1, -0.05) is 11.6 Å². The molecule has 0 spiro atoms. The monoisotopic (exact) mass is 237 g/mol. The number of aliphatic hydroxyl groups is 1. The molecule has 1 aromatic carbocycles. The summed E-state index contributed by atoms with van der Waals surface area (Å²) in [5.74, 6) is -0.0128. The van der Waals surface area contributed by atoms with Crippen molar-refractivity contribution in [3.63, 3.8) is 0 Å². The molecule has 1 N–H and O–H groups in total. The van der Waals surface area contributed by atoms with Gasteiger partial charge >= 0.3 is 5.63 Å². The van der Waals surface area contributed by atoms with Gasteiger partial charge in [0.15, 0.2) is 11.3 Å².